The molecule has 0 radical (unpaired) electrons. The van der Waals surface area contributed by atoms with Crippen LogP contribution in [0.1, 0.15) is 15.9 Å². The summed E-state index contributed by atoms with van der Waals surface area (Å²) in [5.41, 5.74) is 3.73. The molecule has 6 heteroatoms. The van der Waals surface area contributed by atoms with E-state index >= 15 is 0 Å². The van der Waals surface area contributed by atoms with Crippen LogP contribution in [0.5, 0.6) is 5.75 Å². The highest BCUT2D eigenvalue weighted by Gasteiger charge is 2.16. The maximum Gasteiger partial charge on any atom is 0.258 e. The van der Waals surface area contributed by atoms with Crippen molar-refractivity contribution in [3.8, 4) is 5.75 Å². The molecule has 0 unspecified atom stereocenters. The predicted octanol–water partition coefficient (Wildman–Crippen LogP) is 2.68. The van der Waals surface area contributed by atoms with Gasteiger partial charge < -0.3 is 15.5 Å². The molecule has 1 amide bonds. The van der Waals surface area contributed by atoms with E-state index < -0.39 is 11.7 Å². The van der Waals surface area contributed by atoms with Gasteiger partial charge in [0.2, 0.25) is 0 Å². The number of halogens is 1. The van der Waals surface area contributed by atoms with E-state index in [9.17, 15) is 9.18 Å². The minimum Gasteiger partial charge on any atom is -0.495 e. The number of hydrogen-bond acceptors (Lipinski definition) is 4. The Morgan fingerprint density at radius 3 is 2.71 bits per heavy atom. The minimum absolute atomic E-state index is 0.0541. The normalized spacial score (nSPS) is 10.1. The molecule has 0 saturated heterocycles. The lowest BCUT2D eigenvalue weighted by Crippen LogP contribution is -2.18. The van der Waals surface area contributed by atoms with Gasteiger partial charge in [-0.1, -0.05) is 12.1 Å². The molecule has 2 rings (SSSR count). The van der Waals surface area contributed by atoms with Gasteiger partial charge in [-0.2, -0.15) is 0 Å². The molecule has 0 aromatic heterocycles. The van der Waals surface area contributed by atoms with Gasteiger partial charge in [-0.3, -0.25) is 10.6 Å². The summed E-state index contributed by atoms with van der Waals surface area (Å²) in [4.78, 5) is 12.3. The number of aryl methyl sites for hydroxylation is 1. The fraction of sp³-hybridized carbons (Fsp3) is 0.133. The molecule has 4 N–H and O–H groups in total. The zero-order valence-electron chi connectivity index (χ0n) is 11.7. The van der Waals surface area contributed by atoms with Crippen LogP contribution < -0.4 is 21.3 Å². The van der Waals surface area contributed by atoms with Crippen LogP contribution >= 0.6 is 0 Å². The fourth-order valence-corrected chi connectivity index (χ4v) is 1.97. The standard InChI is InChI=1S/C15H16FN3O2/c1-9-6-7-13(21-2)12(8-9)18-15(20)10-4-3-5-11(16)14(10)19-17/h3-8,19H,17H2,1-2H3,(H,18,20). The second-order valence-electron chi connectivity index (χ2n) is 4.46. The number of anilines is 2. The van der Waals surface area contributed by atoms with Crippen LogP contribution in [0.25, 0.3) is 0 Å². The summed E-state index contributed by atoms with van der Waals surface area (Å²) in [6.07, 6.45) is 0. The van der Waals surface area contributed by atoms with Gasteiger partial charge in [0.15, 0.2) is 0 Å². The molecule has 0 aliphatic rings. The molecule has 0 spiro atoms. The first-order valence-electron chi connectivity index (χ1n) is 6.28. The Labute approximate surface area is 121 Å². The maximum atomic E-state index is 13.6. The molecule has 0 aliphatic carbocycles. The lowest BCUT2D eigenvalue weighted by molar-refractivity contribution is 0.102. The van der Waals surface area contributed by atoms with Crippen LogP contribution in [0.4, 0.5) is 15.8 Å². The molecule has 5 nitrogen and oxygen atoms in total. The van der Waals surface area contributed by atoms with Gasteiger partial charge in [0.1, 0.15) is 11.6 Å². The number of carbonyl (C=O) groups is 1. The summed E-state index contributed by atoms with van der Waals surface area (Å²) in [6, 6.07) is 9.53. The fourth-order valence-electron chi connectivity index (χ4n) is 1.97. The summed E-state index contributed by atoms with van der Waals surface area (Å²) < 4.78 is 18.8. The first-order valence-corrected chi connectivity index (χ1v) is 6.28. The number of amides is 1. The van der Waals surface area contributed by atoms with Gasteiger partial charge in [-0.15, -0.1) is 0 Å². The molecular formula is C15H16FN3O2. The van der Waals surface area contributed by atoms with E-state index in [1.807, 2.05) is 13.0 Å². The average molecular weight is 289 g/mol. The first-order chi connectivity index (χ1) is 10.1. The highest BCUT2D eigenvalue weighted by atomic mass is 19.1. The number of carbonyl (C=O) groups excluding carboxylic acids is 1. The highest BCUT2D eigenvalue weighted by molar-refractivity contribution is 6.08. The quantitative estimate of drug-likeness (QED) is 0.597. The Bertz CT molecular complexity index is 674. The zero-order chi connectivity index (χ0) is 15.4. The summed E-state index contributed by atoms with van der Waals surface area (Å²) in [6.45, 7) is 1.89. The molecule has 0 bridgehead atoms. The number of nitrogen functional groups attached to an aromatic ring is 1. The van der Waals surface area contributed by atoms with Crippen LogP contribution in [0.3, 0.4) is 0 Å². The van der Waals surface area contributed by atoms with Crippen molar-refractivity contribution < 1.29 is 13.9 Å². The molecule has 0 heterocycles. The van der Waals surface area contributed by atoms with Crippen molar-refractivity contribution in [1.29, 1.82) is 0 Å². The number of nitrogens with two attached hydrogens (primary N) is 1. The largest absolute Gasteiger partial charge is 0.495 e. The predicted molar refractivity (Wildman–Crippen MR) is 79.9 cm³/mol. The topological polar surface area (TPSA) is 76.4 Å². The summed E-state index contributed by atoms with van der Waals surface area (Å²) in [5.74, 6) is 4.71. The van der Waals surface area contributed by atoms with E-state index in [0.717, 1.165) is 5.56 Å². The van der Waals surface area contributed by atoms with Crippen molar-refractivity contribution in [2.45, 2.75) is 6.92 Å². The Balaban J connectivity index is 2.35. The smallest absolute Gasteiger partial charge is 0.258 e. The van der Waals surface area contributed by atoms with Crippen molar-refractivity contribution in [3.05, 3.63) is 53.3 Å². The van der Waals surface area contributed by atoms with Gasteiger partial charge in [0, 0.05) is 0 Å². The van der Waals surface area contributed by atoms with Gasteiger partial charge in [0.05, 0.1) is 24.0 Å². The van der Waals surface area contributed by atoms with Gasteiger partial charge in [0.25, 0.3) is 5.91 Å². The van der Waals surface area contributed by atoms with Crippen molar-refractivity contribution >= 4 is 17.3 Å². The summed E-state index contributed by atoms with van der Waals surface area (Å²) in [5, 5.41) is 2.69. The van der Waals surface area contributed by atoms with Crippen molar-refractivity contribution in [2.24, 2.45) is 5.84 Å². The Morgan fingerprint density at radius 1 is 1.29 bits per heavy atom. The average Bonchev–Trinajstić information content (AvgIpc) is 2.47. The van der Waals surface area contributed by atoms with Gasteiger partial charge >= 0.3 is 0 Å². The van der Waals surface area contributed by atoms with Gasteiger partial charge in [-0.25, -0.2) is 4.39 Å². The Hall–Kier alpha value is -2.60. The number of hydrogen-bond donors (Lipinski definition) is 3. The second-order valence-corrected chi connectivity index (χ2v) is 4.46. The number of hydrazine groups is 1. The monoisotopic (exact) mass is 289 g/mol. The maximum absolute atomic E-state index is 13.6. The Kier molecular flexibility index (Phi) is 4.39. The molecule has 110 valence electrons. The van der Waals surface area contributed by atoms with Crippen LogP contribution in [-0.4, -0.2) is 13.0 Å². The SMILES string of the molecule is COc1ccc(C)cc1NC(=O)c1cccc(F)c1NN. The third-order valence-electron chi connectivity index (χ3n) is 3.01. The zero-order valence-corrected chi connectivity index (χ0v) is 11.7. The minimum atomic E-state index is -0.596. The molecule has 0 fully saturated rings. The van der Waals surface area contributed by atoms with Gasteiger partial charge in [-0.05, 0) is 36.8 Å². The summed E-state index contributed by atoms with van der Waals surface area (Å²) in [7, 11) is 1.51. The van der Waals surface area contributed by atoms with Crippen LogP contribution in [0, 0.1) is 12.7 Å². The molecule has 2 aromatic carbocycles. The molecule has 0 atom stereocenters. The van der Waals surface area contributed by atoms with Crippen LogP contribution in [-0.2, 0) is 0 Å². The lowest BCUT2D eigenvalue weighted by Gasteiger charge is -2.13. The number of rotatable bonds is 4. The molecule has 0 aliphatic heterocycles. The Morgan fingerprint density at radius 2 is 2.05 bits per heavy atom. The molecule has 2 aromatic rings. The van der Waals surface area contributed by atoms with Crippen molar-refractivity contribution in [2.75, 3.05) is 17.9 Å². The van der Waals surface area contributed by atoms with E-state index in [1.54, 1.807) is 12.1 Å². The third kappa shape index (κ3) is 3.11. The van der Waals surface area contributed by atoms with E-state index in [1.165, 1.54) is 25.3 Å². The lowest BCUT2D eigenvalue weighted by atomic mass is 10.1. The number of methoxy groups -OCH3 is 1. The number of para-hydroxylation sites is 1. The molecular weight excluding hydrogens is 273 g/mol. The first kappa shape index (κ1) is 14.8. The van der Waals surface area contributed by atoms with E-state index in [-0.39, 0.29) is 11.3 Å². The number of nitrogens with one attached hydrogen (secondary N) is 2. The van der Waals surface area contributed by atoms with Crippen LogP contribution in [0.15, 0.2) is 36.4 Å². The van der Waals surface area contributed by atoms with Crippen LogP contribution in [0.2, 0.25) is 0 Å². The van der Waals surface area contributed by atoms with Crippen molar-refractivity contribution in [3.63, 3.8) is 0 Å². The third-order valence-corrected chi connectivity index (χ3v) is 3.01. The highest BCUT2D eigenvalue weighted by Crippen LogP contribution is 2.27. The van der Waals surface area contributed by atoms with E-state index in [0.29, 0.717) is 11.4 Å². The second kappa shape index (κ2) is 6.23. The van der Waals surface area contributed by atoms with Crippen molar-refractivity contribution in [1.82, 2.24) is 0 Å². The van der Waals surface area contributed by atoms with E-state index in [4.69, 9.17) is 10.6 Å². The molecule has 0 saturated carbocycles. The van der Waals surface area contributed by atoms with E-state index in [2.05, 4.69) is 10.7 Å². The molecule has 21 heavy (non-hydrogen) atoms. The number of ether oxygens (including phenoxy) is 1. The number of benzene rings is 2. The summed E-state index contributed by atoms with van der Waals surface area (Å²) >= 11 is 0.